The van der Waals surface area contributed by atoms with Crippen LogP contribution in [0.3, 0.4) is 0 Å². The molecule has 2 heterocycles. The summed E-state index contributed by atoms with van der Waals surface area (Å²) in [6.45, 7) is 6.66. The van der Waals surface area contributed by atoms with E-state index in [4.69, 9.17) is 4.98 Å². The molecule has 174 valence electrons. The number of hydrogen-bond acceptors (Lipinski definition) is 5. The van der Waals surface area contributed by atoms with Crippen LogP contribution >= 0.6 is 0 Å². The first-order valence-corrected chi connectivity index (χ1v) is 11.7. The maximum atomic E-state index is 5.06. The normalized spacial score (nSPS) is 34.1. The minimum atomic E-state index is 0. The first kappa shape index (κ1) is 29.6. The zero-order valence-electron chi connectivity index (χ0n) is 19.7. The Bertz CT molecular complexity index is 584. The predicted octanol–water partition coefficient (Wildman–Crippen LogP) is 3.64. The van der Waals surface area contributed by atoms with Gasteiger partial charge in [-0.25, -0.2) is 0 Å². The van der Waals surface area contributed by atoms with E-state index in [1.165, 1.54) is 62.8 Å². The number of aromatic nitrogens is 1. The molecule has 3 aliphatic rings. The predicted molar refractivity (Wildman–Crippen MR) is 122 cm³/mol. The summed E-state index contributed by atoms with van der Waals surface area (Å²) < 4.78 is 0. The Morgan fingerprint density at radius 3 is 1.52 bits per heavy atom. The quantitative estimate of drug-likeness (QED) is 0.297. The Kier molecular flexibility index (Phi) is 14.1. The molecule has 31 heavy (non-hydrogen) atoms. The van der Waals surface area contributed by atoms with E-state index in [9.17, 15) is 0 Å². The molecule has 4 N–H and O–H groups in total. The van der Waals surface area contributed by atoms with Gasteiger partial charge in [0.1, 0.15) is 0 Å². The Morgan fingerprint density at radius 1 is 0.710 bits per heavy atom. The second kappa shape index (κ2) is 14.8. The topological polar surface area (TPSA) is 61.0 Å². The van der Waals surface area contributed by atoms with Gasteiger partial charge in [-0.1, -0.05) is 31.7 Å². The second-order valence-corrected chi connectivity index (χ2v) is 9.17. The Morgan fingerprint density at radius 2 is 1.10 bits per heavy atom. The number of rotatable bonds is 0. The van der Waals surface area contributed by atoms with E-state index in [-0.39, 0.29) is 69.3 Å². The van der Waals surface area contributed by atoms with E-state index >= 15 is 0 Å². The zero-order valence-corrected chi connectivity index (χ0v) is 23.7. The third-order valence-electron chi connectivity index (χ3n) is 7.08. The van der Waals surface area contributed by atoms with E-state index < -0.39 is 0 Å². The first-order chi connectivity index (χ1) is 13.7. The summed E-state index contributed by atoms with van der Waals surface area (Å²) in [4.78, 5) is 5.06. The van der Waals surface area contributed by atoms with Crippen molar-refractivity contribution < 1.29 is 49.8 Å². The number of nitrogens with zero attached hydrogens (tertiary/aromatic N) is 1. The van der Waals surface area contributed by atoms with E-state index in [1.54, 1.807) is 0 Å². The van der Waals surface area contributed by atoms with Crippen molar-refractivity contribution in [1.29, 1.82) is 0 Å². The molecule has 0 saturated heterocycles. The van der Waals surface area contributed by atoms with Gasteiger partial charge in [-0.2, -0.15) is 0 Å². The van der Waals surface area contributed by atoms with Crippen LogP contribution in [0.4, 0.5) is 0 Å². The fraction of sp³-hybridized carbons (Fsp3) is 0.750. The fourth-order valence-corrected chi connectivity index (χ4v) is 5.43. The van der Waals surface area contributed by atoms with Gasteiger partial charge in [0.15, 0.2) is 0 Å². The summed E-state index contributed by atoms with van der Waals surface area (Å²) in [5, 5.41) is 15.5. The fourth-order valence-electron chi connectivity index (χ4n) is 5.43. The van der Waals surface area contributed by atoms with Crippen LogP contribution in [-0.2, 0) is 49.8 Å². The van der Waals surface area contributed by atoms with Gasteiger partial charge in [0.25, 0.3) is 0 Å². The molecule has 2 radical (unpaired) electrons. The maximum Gasteiger partial charge on any atom is 0.0574 e. The van der Waals surface area contributed by atoms with Crippen molar-refractivity contribution in [3.8, 4) is 0 Å². The molecule has 0 spiro atoms. The Balaban J connectivity index is 0.00000160. The monoisotopic (exact) mass is 544 g/mol. The van der Waals surface area contributed by atoms with Crippen LogP contribution in [0.5, 0.6) is 0 Å². The number of pyridine rings is 1. The van der Waals surface area contributed by atoms with Crippen molar-refractivity contribution in [1.82, 2.24) is 26.3 Å². The van der Waals surface area contributed by atoms with Crippen molar-refractivity contribution in [2.45, 2.75) is 101 Å². The van der Waals surface area contributed by atoms with Gasteiger partial charge in [0, 0.05) is 99.1 Å². The SMILES string of the molecule is C[C@@H]1N[C@@H]2CCCC[C@H]2NCCN[C@@H]2CCCC[C@H]2N[C@@H](C)c2cccc1n2.[CH3-].[Mn].[Y]. The van der Waals surface area contributed by atoms with Gasteiger partial charge in [-0.15, -0.1) is 0 Å². The summed E-state index contributed by atoms with van der Waals surface area (Å²) >= 11 is 0. The van der Waals surface area contributed by atoms with Gasteiger partial charge in [0.2, 0.25) is 0 Å². The molecule has 2 saturated carbocycles. The molecule has 2 bridgehead atoms. The minimum Gasteiger partial charge on any atom is -0.358 e. The average molecular weight is 544 g/mol. The van der Waals surface area contributed by atoms with Crippen LogP contribution < -0.4 is 21.3 Å². The largest absolute Gasteiger partial charge is 0.358 e. The summed E-state index contributed by atoms with van der Waals surface area (Å²) in [7, 11) is 0. The van der Waals surface area contributed by atoms with Crippen molar-refractivity contribution in [2.24, 2.45) is 0 Å². The van der Waals surface area contributed by atoms with Crippen LogP contribution in [0.25, 0.3) is 0 Å². The number of nitrogens with one attached hydrogen (secondary N) is 4. The summed E-state index contributed by atoms with van der Waals surface area (Å²) in [5.74, 6) is 0. The van der Waals surface area contributed by atoms with Gasteiger partial charge in [-0.05, 0) is 51.7 Å². The van der Waals surface area contributed by atoms with Gasteiger partial charge >= 0.3 is 0 Å². The molecule has 2 fully saturated rings. The molecule has 1 aliphatic heterocycles. The van der Waals surface area contributed by atoms with Crippen molar-refractivity contribution in [2.75, 3.05) is 13.1 Å². The minimum absolute atomic E-state index is 0. The molecule has 1 aromatic heterocycles. The van der Waals surface area contributed by atoms with E-state index in [0.717, 1.165) is 13.1 Å². The smallest absolute Gasteiger partial charge is 0.0574 e. The van der Waals surface area contributed by atoms with Crippen LogP contribution in [0.15, 0.2) is 18.2 Å². The van der Waals surface area contributed by atoms with Crippen molar-refractivity contribution >= 4 is 0 Å². The molecule has 4 rings (SSSR count). The van der Waals surface area contributed by atoms with Crippen LogP contribution in [0, 0.1) is 7.43 Å². The molecular formula is C24H42MnN5Y-. The molecule has 2 aliphatic carbocycles. The van der Waals surface area contributed by atoms with Gasteiger partial charge < -0.3 is 28.7 Å². The number of fused-ring (bicyclic) bond motifs is 4. The summed E-state index contributed by atoms with van der Waals surface area (Å²) in [6.07, 6.45) is 10.4. The van der Waals surface area contributed by atoms with E-state index in [0.29, 0.717) is 24.2 Å². The van der Waals surface area contributed by atoms with E-state index in [1.807, 2.05) is 0 Å². The van der Waals surface area contributed by atoms with Crippen LogP contribution in [-0.4, -0.2) is 42.2 Å². The first-order valence-electron chi connectivity index (χ1n) is 11.7. The Hall–Kier alpha value is 0.613. The third-order valence-corrected chi connectivity index (χ3v) is 7.08. The maximum absolute atomic E-state index is 5.06. The Labute approximate surface area is 226 Å². The molecule has 1 aromatic rings. The molecule has 7 heteroatoms. The third kappa shape index (κ3) is 8.10. The molecular weight excluding hydrogens is 502 g/mol. The second-order valence-electron chi connectivity index (χ2n) is 9.17. The van der Waals surface area contributed by atoms with E-state index in [2.05, 4.69) is 53.3 Å². The average Bonchev–Trinajstić information content (AvgIpc) is 2.73. The van der Waals surface area contributed by atoms with Gasteiger partial charge in [0.05, 0.1) is 11.4 Å². The van der Waals surface area contributed by atoms with Crippen molar-refractivity contribution in [3.63, 3.8) is 0 Å². The molecule has 0 amide bonds. The molecule has 5 nitrogen and oxygen atoms in total. The van der Waals surface area contributed by atoms with Crippen molar-refractivity contribution in [3.05, 3.63) is 37.0 Å². The molecule has 0 aromatic carbocycles. The van der Waals surface area contributed by atoms with Crippen LogP contribution in [0.1, 0.15) is 88.7 Å². The molecule has 6 atom stereocenters. The standard InChI is InChI=1S/C23H39N5.CH3.Mn.Y/c1-16-18-12-7-13-19(28-18)17(2)27-23-11-6-4-9-21(23)25-15-14-24-20-8-3-5-10-22(20)26-16;;;/h7,12-13,16-17,20-27H,3-6,8-11,14-15H2,1-2H3;1H3;;/q;-1;;/t16-,17-,20+,21+,22+,23+;;;/m0.../s1. The number of hydrogen-bond donors (Lipinski definition) is 4. The summed E-state index contributed by atoms with van der Waals surface area (Å²) in [6, 6.07) is 9.34. The van der Waals surface area contributed by atoms with Gasteiger partial charge in [-0.3, -0.25) is 4.98 Å². The molecule has 0 unspecified atom stereocenters. The van der Waals surface area contributed by atoms with Crippen LogP contribution in [0.2, 0.25) is 0 Å². The summed E-state index contributed by atoms with van der Waals surface area (Å²) in [5.41, 5.74) is 2.34. The zero-order chi connectivity index (χ0) is 19.3.